The fourth-order valence-electron chi connectivity index (χ4n) is 3.18. The van der Waals surface area contributed by atoms with Crippen molar-refractivity contribution in [3.63, 3.8) is 0 Å². The Morgan fingerprint density at radius 2 is 2.04 bits per heavy atom. The number of allylic oxidation sites excluding steroid dienone is 1. The Balaban J connectivity index is 2.13. The van der Waals surface area contributed by atoms with Crippen LogP contribution in [0.15, 0.2) is 17.9 Å². The lowest BCUT2D eigenvalue weighted by Gasteiger charge is -2.42. The van der Waals surface area contributed by atoms with Crippen LogP contribution in [0.4, 0.5) is 13.2 Å². The van der Waals surface area contributed by atoms with Gasteiger partial charge in [-0.3, -0.25) is 9.59 Å². The van der Waals surface area contributed by atoms with Gasteiger partial charge in [-0.25, -0.2) is 0 Å². The van der Waals surface area contributed by atoms with E-state index in [1.54, 1.807) is 0 Å². The number of benzene rings is 1. The van der Waals surface area contributed by atoms with Gasteiger partial charge in [0.1, 0.15) is 33.6 Å². The predicted molar refractivity (Wildman–Crippen MR) is 89.5 cm³/mol. The third-order valence-electron chi connectivity index (χ3n) is 4.18. The van der Waals surface area contributed by atoms with Crippen molar-refractivity contribution in [1.82, 2.24) is 0 Å². The van der Waals surface area contributed by atoms with Gasteiger partial charge in [0.15, 0.2) is 35.1 Å². The fourth-order valence-corrected chi connectivity index (χ4v) is 3.76. The van der Waals surface area contributed by atoms with Crippen molar-refractivity contribution >= 4 is 35.2 Å². The molecule has 2 aliphatic rings. The number of alkyl halides is 3. The highest BCUT2D eigenvalue weighted by Gasteiger charge is 2.53. The van der Waals surface area contributed by atoms with E-state index in [2.05, 4.69) is 4.18 Å². The second-order valence-electron chi connectivity index (χ2n) is 6.13. The van der Waals surface area contributed by atoms with Gasteiger partial charge >= 0.3 is 5.51 Å². The molecule has 0 amide bonds. The molecule has 0 saturated heterocycles. The molecular weight excluding hydrogens is 413 g/mol. The average molecular weight is 425 g/mol. The zero-order valence-corrected chi connectivity index (χ0v) is 15.4. The standard InChI is InChI=1S/C16H12ClF3O6S/c1-15-5-6(21)3-7(22)11(15)13(23)10-8(24-2)4-9(12(17)14(10)25-15)26-27-16(18,19)20/h3-4,11,22H,5H2,1-2H3/t11-,15-/m1/s1. The van der Waals surface area contributed by atoms with Crippen molar-refractivity contribution in [3.05, 3.63) is 28.5 Å². The summed E-state index contributed by atoms with van der Waals surface area (Å²) < 4.78 is 52.7. The van der Waals surface area contributed by atoms with Gasteiger partial charge in [-0.05, 0) is 6.92 Å². The average Bonchev–Trinajstić information content (AvgIpc) is 2.52. The maximum atomic E-state index is 13.0. The number of rotatable bonds is 3. The summed E-state index contributed by atoms with van der Waals surface area (Å²) in [5.74, 6) is -3.56. The Kier molecular flexibility index (Phi) is 4.75. The van der Waals surface area contributed by atoms with Gasteiger partial charge in [0.25, 0.3) is 0 Å². The summed E-state index contributed by atoms with van der Waals surface area (Å²) in [6, 6.07) is 1.03. The summed E-state index contributed by atoms with van der Waals surface area (Å²) in [7, 11) is 1.20. The van der Waals surface area contributed by atoms with Crippen LogP contribution in [0.3, 0.4) is 0 Å². The van der Waals surface area contributed by atoms with E-state index in [0.29, 0.717) is 0 Å². The molecule has 6 nitrogen and oxygen atoms in total. The minimum absolute atomic E-state index is 0.135. The third-order valence-corrected chi connectivity index (χ3v) is 4.99. The molecule has 0 spiro atoms. The first-order valence-electron chi connectivity index (χ1n) is 7.46. The molecule has 0 unspecified atom stereocenters. The first-order chi connectivity index (χ1) is 12.5. The molecule has 11 heteroatoms. The maximum absolute atomic E-state index is 13.0. The van der Waals surface area contributed by atoms with E-state index in [4.69, 9.17) is 21.1 Å². The summed E-state index contributed by atoms with van der Waals surface area (Å²) in [6.07, 6.45) is 0.720. The minimum Gasteiger partial charge on any atom is -0.511 e. The molecule has 3 rings (SSSR count). The predicted octanol–water partition coefficient (Wildman–Crippen LogP) is 4.26. The number of ether oxygens (including phenoxy) is 2. The second-order valence-corrected chi connectivity index (χ2v) is 7.31. The molecule has 0 radical (unpaired) electrons. The SMILES string of the molecule is COc1cc(OSC(F)(F)F)c(Cl)c2c1C(=O)[C@H]1C(O)=CC(=O)C[C@@]1(C)O2. The topological polar surface area (TPSA) is 82.1 Å². The molecule has 0 saturated carbocycles. The molecule has 1 aliphatic carbocycles. The van der Waals surface area contributed by atoms with E-state index in [-0.39, 0.29) is 28.5 Å². The van der Waals surface area contributed by atoms with E-state index in [0.717, 1.165) is 12.1 Å². The molecule has 0 fully saturated rings. The molecule has 0 bridgehead atoms. The fraction of sp³-hybridized carbons (Fsp3) is 0.375. The van der Waals surface area contributed by atoms with Gasteiger partial charge in [-0.1, -0.05) is 11.6 Å². The number of carbonyl (C=O) groups is 2. The molecule has 1 N–H and O–H groups in total. The largest absolute Gasteiger partial charge is 0.511 e. The lowest BCUT2D eigenvalue weighted by molar-refractivity contribution is -0.121. The number of halogens is 4. The molecule has 146 valence electrons. The van der Waals surface area contributed by atoms with E-state index >= 15 is 0 Å². The lowest BCUT2D eigenvalue weighted by atomic mass is 9.73. The van der Waals surface area contributed by atoms with Crippen LogP contribution in [0, 0.1) is 5.92 Å². The quantitative estimate of drug-likeness (QED) is 0.726. The number of fused-ring (bicyclic) bond motifs is 2. The van der Waals surface area contributed by atoms with Crippen LogP contribution in [-0.4, -0.2) is 34.9 Å². The number of methoxy groups -OCH3 is 1. The van der Waals surface area contributed by atoms with Gasteiger partial charge in [0, 0.05) is 12.1 Å². The van der Waals surface area contributed by atoms with Crippen LogP contribution < -0.4 is 13.7 Å². The van der Waals surface area contributed by atoms with Crippen molar-refractivity contribution in [2.75, 3.05) is 7.11 Å². The van der Waals surface area contributed by atoms with Crippen molar-refractivity contribution in [1.29, 1.82) is 0 Å². The Morgan fingerprint density at radius 1 is 1.37 bits per heavy atom. The smallest absolute Gasteiger partial charge is 0.479 e. The summed E-state index contributed by atoms with van der Waals surface area (Å²) in [6.45, 7) is 1.43. The highest BCUT2D eigenvalue weighted by molar-refractivity contribution is 7.95. The minimum atomic E-state index is -4.69. The van der Waals surface area contributed by atoms with Gasteiger partial charge in [-0.15, -0.1) is 0 Å². The first-order valence-corrected chi connectivity index (χ1v) is 8.58. The van der Waals surface area contributed by atoms with Crippen molar-refractivity contribution < 1.29 is 41.5 Å². The monoisotopic (exact) mass is 424 g/mol. The highest BCUT2D eigenvalue weighted by Crippen LogP contribution is 2.53. The lowest BCUT2D eigenvalue weighted by Crippen LogP contribution is -2.52. The van der Waals surface area contributed by atoms with E-state index in [1.807, 2.05) is 0 Å². The number of ketones is 2. The van der Waals surface area contributed by atoms with Crippen LogP contribution >= 0.6 is 23.6 Å². The molecule has 2 atom stereocenters. The van der Waals surface area contributed by atoms with Gasteiger partial charge in [-0.2, -0.15) is 13.2 Å². The normalized spacial score (nSPS) is 24.5. The van der Waals surface area contributed by atoms with Gasteiger partial charge < -0.3 is 18.8 Å². The van der Waals surface area contributed by atoms with Crippen LogP contribution in [0.5, 0.6) is 17.2 Å². The zero-order valence-electron chi connectivity index (χ0n) is 13.8. The van der Waals surface area contributed by atoms with Crippen molar-refractivity contribution in [2.45, 2.75) is 24.5 Å². The number of hydrogen-bond donors (Lipinski definition) is 1. The number of aliphatic hydroxyl groups excluding tert-OH is 1. The summed E-state index contributed by atoms with van der Waals surface area (Å²) in [5, 5.41) is 9.73. The third kappa shape index (κ3) is 3.43. The van der Waals surface area contributed by atoms with Crippen LogP contribution in [-0.2, 0) is 4.79 Å². The second kappa shape index (κ2) is 6.52. The van der Waals surface area contributed by atoms with Crippen molar-refractivity contribution in [2.24, 2.45) is 5.92 Å². The number of Topliss-reactive ketones (excluding diaryl/α,β-unsaturated/α-hetero) is 1. The molecule has 1 heterocycles. The Hall–Kier alpha value is -2.07. The molecule has 1 aliphatic heterocycles. The van der Waals surface area contributed by atoms with Gasteiger partial charge in [0.05, 0.1) is 13.5 Å². The molecular formula is C16H12ClF3O6S. The number of hydrogen-bond acceptors (Lipinski definition) is 7. The molecule has 1 aromatic rings. The van der Waals surface area contributed by atoms with Crippen LogP contribution in [0.25, 0.3) is 0 Å². The van der Waals surface area contributed by atoms with E-state index in [9.17, 15) is 27.9 Å². The summed E-state index contributed by atoms with van der Waals surface area (Å²) in [4.78, 5) is 24.8. The zero-order chi connectivity index (χ0) is 20.1. The van der Waals surface area contributed by atoms with E-state index < -0.39 is 52.1 Å². The van der Waals surface area contributed by atoms with E-state index in [1.165, 1.54) is 14.0 Å². The first kappa shape index (κ1) is 19.7. The number of carbonyl (C=O) groups excluding carboxylic acids is 2. The Morgan fingerprint density at radius 3 is 2.63 bits per heavy atom. The maximum Gasteiger partial charge on any atom is 0.479 e. The van der Waals surface area contributed by atoms with Crippen molar-refractivity contribution in [3.8, 4) is 17.2 Å². The van der Waals surface area contributed by atoms with Crippen LogP contribution in [0.2, 0.25) is 5.02 Å². The molecule has 1 aromatic carbocycles. The molecule has 0 aromatic heterocycles. The highest BCUT2D eigenvalue weighted by atomic mass is 35.5. The Labute approximate surface area is 160 Å². The van der Waals surface area contributed by atoms with Gasteiger partial charge in [0.2, 0.25) is 0 Å². The molecule has 27 heavy (non-hydrogen) atoms. The number of aliphatic hydroxyl groups is 1. The van der Waals surface area contributed by atoms with Crippen LogP contribution in [0.1, 0.15) is 23.7 Å². The summed E-state index contributed by atoms with van der Waals surface area (Å²) >= 11 is 5.33. The summed E-state index contributed by atoms with van der Waals surface area (Å²) in [5.41, 5.74) is -6.29. The Bertz CT molecular complexity index is 869.